The highest BCUT2D eigenvalue weighted by Crippen LogP contribution is 2.20. The summed E-state index contributed by atoms with van der Waals surface area (Å²) in [5, 5.41) is 23.4. The molecule has 0 radical (unpaired) electrons. The van der Waals surface area contributed by atoms with Gasteiger partial charge in [0.05, 0.1) is 10.6 Å². The molecule has 0 spiro atoms. The first-order chi connectivity index (χ1) is 12.0. The molecule has 2 aromatic carbocycles. The van der Waals surface area contributed by atoms with Gasteiger partial charge in [-0.15, -0.1) is 10.2 Å². The molecule has 0 saturated carbocycles. The SMILES string of the molecule is N#Cc1ccc(NC(=O)Cn2nnc(-c3ccc(F)cc3)n2)cc1Cl. The van der Waals surface area contributed by atoms with Gasteiger partial charge in [0.1, 0.15) is 18.4 Å². The van der Waals surface area contributed by atoms with Gasteiger partial charge in [-0.2, -0.15) is 10.1 Å². The minimum absolute atomic E-state index is 0.161. The molecule has 0 aliphatic heterocycles. The van der Waals surface area contributed by atoms with Gasteiger partial charge in [0, 0.05) is 11.3 Å². The van der Waals surface area contributed by atoms with Crippen LogP contribution in [0.15, 0.2) is 42.5 Å². The largest absolute Gasteiger partial charge is 0.324 e. The van der Waals surface area contributed by atoms with Crippen molar-refractivity contribution in [3.63, 3.8) is 0 Å². The van der Waals surface area contributed by atoms with E-state index < -0.39 is 0 Å². The molecular weight excluding hydrogens is 347 g/mol. The van der Waals surface area contributed by atoms with Crippen LogP contribution in [0, 0.1) is 17.1 Å². The maximum absolute atomic E-state index is 12.9. The number of hydrogen-bond acceptors (Lipinski definition) is 5. The van der Waals surface area contributed by atoms with E-state index in [1.165, 1.54) is 36.4 Å². The lowest BCUT2D eigenvalue weighted by atomic mass is 10.2. The van der Waals surface area contributed by atoms with Crippen LogP contribution in [0.1, 0.15) is 5.56 Å². The predicted octanol–water partition coefficient (Wildman–Crippen LogP) is 2.64. The normalized spacial score (nSPS) is 10.3. The Hall–Kier alpha value is -3.31. The van der Waals surface area contributed by atoms with Crippen molar-refractivity contribution in [2.75, 3.05) is 5.32 Å². The van der Waals surface area contributed by atoms with Crippen molar-refractivity contribution in [1.29, 1.82) is 5.26 Å². The highest BCUT2D eigenvalue weighted by molar-refractivity contribution is 6.32. The number of carbonyl (C=O) groups excluding carboxylic acids is 1. The van der Waals surface area contributed by atoms with Gasteiger partial charge in [0.2, 0.25) is 11.7 Å². The molecule has 0 aliphatic rings. The summed E-state index contributed by atoms with van der Waals surface area (Å²) in [6, 6.07) is 12.1. The molecule has 1 N–H and O–H groups in total. The predicted molar refractivity (Wildman–Crippen MR) is 88.0 cm³/mol. The minimum atomic E-state index is -0.385. The fourth-order valence-electron chi connectivity index (χ4n) is 2.04. The van der Waals surface area contributed by atoms with Crippen molar-refractivity contribution in [1.82, 2.24) is 20.2 Å². The molecular formula is C16H10ClFN6O. The Bertz CT molecular complexity index is 964. The van der Waals surface area contributed by atoms with Crippen LogP contribution in [-0.4, -0.2) is 26.1 Å². The number of hydrogen-bond donors (Lipinski definition) is 1. The number of anilines is 1. The zero-order valence-corrected chi connectivity index (χ0v) is 13.4. The first-order valence-electron chi connectivity index (χ1n) is 7.08. The lowest BCUT2D eigenvalue weighted by Gasteiger charge is -2.05. The van der Waals surface area contributed by atoms with Gasteiger partial charge in [-0.25, -0.2) is 4.39 Å². The number of tetrazole rings is 1. The molecule has 3 aromatic rings. The summed E-state index contributed by atoms with van der Waals surface area (Å²) in [5.41, 5.74) is 1.36. The number of aromatic nitrogens is 4. The second-order valence-corrected chi connectivity index (χ2v) is 5.41. The highest BCUT2D eigenvalue weighted by Gasteiger charge is 2.10. The average Bonchev–Trinajstić information content (AvgIpc) is 3.04. The van der Waals surface area contributed by atoms with E-state index in [0.29, 0.717) is 16.8 Å². The number of rotatable bonds is 4. The second kappa shape index (κ2) is 7.07. The Kier molecular flexibility index (Phi) is 4.68. The Morgan fingerprint density at radius 1 is 1.28 bits per heavy atom. The molecule has 3 rings (SSSR count). The number of nitrogens with zero attached hydrogens (tertiary/aromatic N) is 5. The molecule has 1 aromatic heterocycles. The summed E-state index contributed by atoms with van der Waals surface area (Å²) >= 11 is 5.92. The molecule has 0 saturated heterocycles. The monoisotopic (exact) mass is 356 g/mol. The van der Waals surface area contributed by atoms with E-state index in [-0.39, 0.29) is 29.1 Å². The minimum Gasteiger partial charge on any atom is -0.324 e. The molecule has 9 heteroatoms. The maximum Gasteiger partial charge on any atom is 0.248 e. The van der Waals surface area contributed by atoms with E-state index in [0.717, 1.165) is 4.80 Å². The number of nitriles is 1. The Morgan fingerprint density at radius 2 is 2.04 bits per heavy atom. The number of carbonyl (C=O) groups is 1. The lowest BCUT2D eigenvalue weighted by molar-refractivity contribution is -0.117. The summed E-state index contributed by atoms with van der Waals surface area (Å²) in [4.78, 5) is 13.2. The van der Waals surface area contributed by atoms with Gasteiger partial charge in [-0.05, 0) is 47.7 Å². The molecule has 1 amide bonds. The smallest absolute Gasteiger partial charge is 0.248 e. The summed E-state index contributed by atoms with van der Waals surface area (Å²) in [5.74, 6) is -0.463. The van der Waals surface area contributed by atoms with Crippen molar-refractivity contribution >= 4 is 23.2 Å². The molecule has 0 unspecified atom stereocenters. The van der Waals surface area contributed by atoms with Crippen LogP contribution in [0.4, 0.5) is 10.1 Å². The summed E-state index contributed by atoms with van der Waals surface area (Å²) < 4.78 is 12.9. The third kappa shape index (κ3) is 3.97. The molecule has 0 bridgehead atoms. The number of nitrogens with one attached hydrogen (secondary N) is 1. The first kappa shape index (κ1) is 16.5. The number of amides is 1. The molecule has 0 atom stereocenters. The van der Waals surface area contributed by atoms with Crippen LogP contribution in [0.2, 0.25) is 5.02 Å². The van der Waals surface area contributed by atoms with Crippen LogP contribution in [0.25, 0.3) is 11.4 Å². The average molecular weight is 357 g/mol. The van der Waals surface area contributed by atoms with Crippen molar-refractivity contribution in [3.8, 4) is 17.5 Å². The van der Waals surface area contributed by atoms with Gasteiger partial charge in [-0.1, -0.05) is 11.6 Å². The number of halogens is 2. The van der Waals surface area contributed by atoms with E-state index >= 15 is 0 Å². The Labute approximate surface area is 146 Å². The summed E-state index contributed by atoms with van der Waals surface area (Å²) in [6.07, 6.45) is 0. The van der Waals surface area contributed by atoms with Crippen LogP contribution in [0.5, 0.6) is 0 Å². The summed E-state index contributed by atoms with van der Waals surface area (Å²) in [6.45, 7) is -0.161. The maximum atomic E-state index is 12.9. The molecule has 7 nitrogen and oxygen atoms in total. The van der Waals surface area contributed by atoms with Gasteiger partial charge >= 0.3 is 0 Å². The van der Waals surface area contributed by atoms with Crippen molar-refractivity contribution < 1.29 is 9.18 Å². The van der Waals surface area contributed by atoms with E-state index in [9.17, 15) is 9.18 Å². The van der Waals surface area contributed by atoms with Crippen molar-refractivity contribution in [2.24, 2.45) is 0 Å². The fraction of sp³-hybridized carbons (Fsp3) is 0.0625. The lowest BCUT2D eigenvalue weighted by Crippen LogP contribution is -2.20. The van der Waals surface area contributed by atoms with E-state index in [1.807, 2.05) is 6.07 Å². The quantitative estimate of drug-likeness (QED) is 0.775. The molecule has 25 heavy (non-hydrogen) atoms. The zero-order chi connectivity index (χ0) is 17.8. The first-order valence-corrected chi connectivity index (χ1v) is 7.46. The van der Waals surface area contributed by atoms with Gasteiger partial charge < -0.3 is 5.32 Å². The summed E-state index contributed by atoms with van der Waals surface area (Å²) in [7, 11) is 0. The third-order valence-electron chi connectivity index (χ3n) is 3.21. The topological polar surface area (TPSA) is 96.5 Å². The van der Waals surface area contributed by atoms with E-state index in [4.69, 9.17) is 16.9 Å². The van der Waals surface area contributed by atoms with Crippen LogP contribution in [-0.2, 0) is 11.3 Å². The van der Waals surface area contributed by atoms with Gasteiger partial charge in [0.15, 0.2) is 0 Å². The Morgan fingerprint density at radius 3 is 2.72 bits per heavy atom. The van der Waals surface area contributed by atoms with Crippen molar-refractivity contribution in [2.45, 2.75) is 6.54 Å². The van der Waals surface area contributed by atoms with E-state index in [2.05, 4.69) is 20.7 Å². The van der Waals surface area contributed by atoms with Crippen molar-refractivity contribution in [3.05, 3.63) is 58.9 Å². The highest BCUT2D eigenvalue weighted by atomic mass is 35.5. The van der Waals surface area contributed by atoms with E-state index in [1.54, 1.807) is 6.07 Å². The van der Waals surface area contributed by atoms with Crippen LogP contribution < -0.4 is 5.32 Å². The van der Waals surface area contributed by atoms with Crippen LogP contribution in [0.3, 0.4) is 0 Å². The zero-order valence-electron chi connectivity index (χ0n) is 12.6. The molecule has 0 aliphatic carbocycles. The van der Waals surface area contributed by atoms with Crippen LogP contribution >= 0.6 is 11.6 Å². The third-order valence-corrected chi connectivity index (χ3v) is 3.53. The second-order valence-electron chi connectivity index (χ2n) is 5.00. The number of benzene rings is 2. The molecule has 124 valence electrons. The molecule has 0 fully saturated rings. The standard InChI is InChI=1S/C16H10ClFN6O/c17-14-7-13(6-3-11(14)8-19)20-15(25)9-24-22-16(21-23-24)10-1-4-12(18)5-2-10/h1-7H,9H2,(H,20,25). The van der Waals surface area contributed by atoms with Gasteiger partial charge in [0.25, 0.3) is 0 Å². The molecule has 1 heterocycles. The fourth-order valence-corrected chi connectivity index (χ4v) is 2.26. The Balaban J connectivity index is 1.66. The van der Waals surface area contributed by atoms with Gasteiger partial charge in [-0.3, -0.25) is 4.79 Å².